The average molecular weight is 155 g/mol. The maximum Gasteiger partial charge on any atom is 0.223 e. The largest absolute Gasteiger partial charge is 0.356 e. The van der Waals surface area contributed by atoms with Gasteiger partial charge in [-0.2, -0.15) is 0 Å². The minimum Gasteiger partial charge on any atom is -0.356 e. The van der Waals surface area contributed by atoms with Crippen LogP contribution < -0.4 is 5.32 Å². The van der Waals surface area contributed by atoms with E-state index < -0.39 is 0 Å². The number of hydrogen-bond donors (Lipinski definition) is 1. The molecule has 0 saturated carbocycles. The Kier molecular flexibility index (Phi) is 3.40. The van der Waals surface area contributed by atoms with E-state index in [1.165, 1.54) is 6.42 Å². The molecule has 0 radical (unpaired) electrons. The Morgan fingerprint density at radius 1 is 1.55 bits per heavy atom. The number of amides is 1. The van der Waals surface area contributed by atoms with Crippen LogP contribution in [0.25, 0.3) is 0 Å². The highest BCUT2D eigenvalue weighted by Gasteiger charge is 2.18. The van der Waals surface area contributed by atoms with Crippen LogP contribution in [0.15, 0.2) is 0 Å². The molecule has 1 fully saturated rings. The monoisotopic (exact) mass is 155 g/mol. The fourth-order valence-electron chi connectivity index (χ4n) is 1.63. The van der Waals surface area contributed by atoms with Gasteiger partial charge in [-0.25, -0.2) is 0 Å². The van der Waals surface area contributed by atoms with Gasteiger partial charge in [0.1, 0.15) is 0 Å². The van der Waals surface area contributed by atoms with E-state index >= 15 is 0 Å². The van der Waals surface area contributed by atoms with Gasteiger partial charge < -0.3 is 5.32 Å². The molecule has 1 atom stereocenters. The normalized spacial score (nSPS) is 25.9. The van der Waals surface area contributed by atoms with Crippen molar-refractivity contribution in [2.45, 2.75) is 39.0 Å². The summed E-state index contributed by atoms with van der Waals surface area (Å²) in [5, 5.41) is 2.94. The lowest BCUT2D eigenvalue weighted by atomic mass is 9.98. The third-order valence-electron chi connectivity index (χ3n) is 2.29. The second-order valence-corrected chi connectivity index (χ2v) is 3.27. The van der Waals surface area contributed by atoms with Crippen LogP contribution in [0.2, 0.25) is 0 Å². The van der Waals surface area contributed by atoms with E-state index in [1.807, 2.05) is 0 Å². The highest BCUT2D eigenvalue weighted by molar-refractivity contribution is 5.78. The van der Waals surface area contributed by atoms with Crippen molar-refractivity contribution in [3.05, 3.63) is 0 Å². The lowest BCUT2D eigenvalue weighted by molar-refractivity contribution is -0.124. The smallest absolute Gasteiger partial charge is 0.223 e. The van der Waals surface area contributed by atoms with Crippen LogP contribution in [0.5, 0.6) is 0 Å². The Morgan fingerprint density at radius 2 is 2.36 bits per heavy atom. The SMILES string of the molecule is CCCC1CCCCNC1=O. The Morgan fingerprint density at radius 3 is 3.09 bits per heavy atom. The van der Waals surface area contributed by atoms with Crippen molar-refractivity contribution in [2.75, 3.05) is 6.54 Å². The first-order chi connectivity index (χ1) is 5.34. The van der Waals surface area contributed by atoms with Gasteiger partial charge in [-0.1, -0.05) is 19.8 Å². The maximum atomic E-state index is 11.3. The van der Waals surface area contributed by atoms with Crippen molar-refractivity contribution in [1.82, 2.24) is 5.32 Å². The second kappa shape index (κ2) is 4.37. The number of rotatable bonds is 2. The van der Waals surface area contributed by atoms with Crippen LogP contribution >= 0.6 is 0 Å². The van der Waals surface area contributed by atoms with Crippen molar-refractivity contribution in [3.8, 4) is 0 Å². The van der Waals surface area contributed by atoms with Gasteiger partial charge in [-0.15, -0.1) is 0 Å². The van der Waals surface area contributed by atoms with Crippen LogP contribution in [0.1, 0.15) is 39.0 Å². The van der Waals surface area contributed by atoms with Crippen LogP contribution in [-0.4, -0.2) is 12.5 Å². The molecule has 0 bridgehead atoms. The molecule has 1 rings (SSSR count). The molecule has 0 aliphatic carbocycles. The summed E-state index contributed by atoms with van der Waals surface area (Å²) in [7, 11) is 0. The number of nitrogens with one attached hydrogen (secondary N) is 1. The summed E-state index contributed by atoms with van der Waals surface area (Å²) in [6.45, 7) is 3.03. The Balaban J connectivity index is 2.39. The van der Waals surface area contributed by atoms with Gasteiger partial charge in [0.2, 0.25) is 5.91 Å². The number of hydrogen-bond acceptors (Lipinski definition) is 1. The van der Waals surface area contributed by atoms with Crippen molar-refractivity contribution in [2.24, 2.45) is 5.92 Å². The van der Waals surface area contributed by atoms with Crippen molar-refractivity contribution in [1.29, 1.82) is 0 Å². The fourth-order valence-corrected chi connectivity index (χ4v) is 1.63. The van der Waals surface area contributed by atoms with Crippen LogP contribution in [-0.2, 0) is 4.79 Å². The topological polar surface area (TPSA) is 29.1 Å². The molecule has 1 saturated heterocycles. The lowest BCUT2D eigenvalue weighted by Crippen LogP contribution is -2.28. The predicted octanol–water partition coefficient (Wildman–Crippen LogP) is 1.70. The lowest BCUT2D eigenvalue weighted by Gasteiger charge is -2.10. The molecule has 1 heterocycles. The van der Waals surface area contributed by atoms with Gasteiger partial charge in [0.25, 0.3) is 0 Å². The highest BCUT2D eigenvalue weighted by Crippen LogP contribution is 2.17. The molecule has 11 heavy (non-hydrogen) atoms. The maximum absolute atomic E-state index is 11.3. The van der Waals surface area contributed by atoms with Gasteiger partial charge in [-0.3, -0.25) is 4.79 Å². The van der Waals surface area contributed by atoms with E-state index in [4.69, 9.17) is 0 Å². The molecule has 1 N–H and O–H groups in total. The van der Waals surface area contributed by atoms with Gasteiger partial charge >= 0.3 is 0 Å². The summed E-state index contributed by atoms with van der Waals surface area (Å²) in [5.41, 5.74) is 0. The molecule has 1 unspecified atom stereocenters. The van der Waals surface area contributed by atoms with E-state index in [2.05, 4.69) is 12.2 Å². The molecule has 64 valence electrons. The summed E-state index contributed by atoms with van der Waals surface area (Å²) in [4.78, 5) is 11.3. The summed E-state index contributed by atoms with van der Waals surface area (Å²) in [6, 6.07) is 0. The van der Waals surface area contributed by atoms with Gasteiger partial charge in [-0.05, 0) is 19.3 Å². The molecular weight excluding hydrogens is 138 g/mol. The molecule has 2 nitrogen and oxygen atoms in total. The molecule has 1 aliphatic heterocycles. The van der Waals surface area contributed by atoms with E-state index in [9.17, 15) is 4.79 Å². The summed E-state index contributed by atoms with van der Waals surface area (Å²) >= 11 is 0. The molecule has 0 aromatic carbocycles. The molecular formula is C9H17NO. The van der Waals surface area contributed by atoms with Crippen molar-refractivity contribution < 1.29 is 4.79 Å². The molecule has 1 amide bonds. The highest BCUT2D eigenvalue weighted by atomic mass is 16.1. The zero-order valence-corrected chi connectivity index (χ0v) is 7.23. The second-order valence-electron chi connectivity index (χ2n) is 3.27. The van der Waals surface area contributed by atoms with E-state index in [1.54, 1.807) is 0 Å². The molecule has 0 aromatic heterocycles. The molecule has 0 aromatic rings. The number of carbonyl (C=O) groups excluding carboxylic acids is 1. The first kappa shape index (κ1) is 8.57. The zero-order valence-electron chi connectivity index (χ0n) is 7.23. The number of carbonyl (C=O) groups is 1. The Labute approximate surface area is 68.4 Å². The first-order valence-corrected chi connectivity index (χ1v) is 4.62. The first-order valence-electron chi connectivity index (χ1n) is 4.62. The minimum atomic E-state index is 0.282. The van der Waals surface area contributed by atoms with Gasteiger partial charge in [0.05, 0.1) is 0 Å². The van der Waals surface area contributed by atoms with E-state index in [0.29, 0.717) is 5.92 Å². The summed E-state index contributed by atoms with van der Waals surface area (Å²) in [6.07, 6.45) is 5.65. The summed E-state index contributed by atoms with van der Waals surface area (Å²) < 4.78 is 0. The Hall–Kier alpha value is -0.530. The zero-order chi connectivity index (χ0) is 8.10. The van der Waals surface area contributed by atoms with Crippen LogP contribution in [0.4, 0.5) is 0 Å². The predicted molar refractivity (Wildman–Crippen MR) is 45.3 cm³/mol. The molecule has 1 aliphatic rings. The third kappa shape index (κ3) is 2.52. The van der Waals surface area contributed by atoms with Gasteiger partial charge in [0, 0.05) is 12.5 Å². The van der Waals surface area contributed by atoms with E-state index in [-0.39, 0.29) is 5.91 Å². The van der Waals surface area contributed by atoms with Crippen molar-refractivity contribution in [3.63, 3.8) is 0 Å². The summed E-state index contributed by atoms with van der Waals surface area (Å²) in [5.74, 6) is 0.590. The standard InChI is InChI=1S/C9H17NO/c1-2-5-8-6-3-4-7-10-9(8)11/h8H,2-7H2,1H3,(H,10,11). The van der Waals surface area contributed by atoms with Crippen molar-refractivity contribution >= 4 is 5.91 Å². The van der Waals surface area contributed by atoms with Crippen LogP contribution in [0.3, 0.4) is 0 Å². The van der Waals surface area contributed by atoms with Gasteiger partial charge in [0.15, 0.2) is 0 Å². The average Bonchev–Trinajstić information content (AvgIpc) is 2.18. The third-order valence-corrected chi connectivity index (χ3v) is 2.29. The minimum absolute atomic E-state index is 0.282. The molecule has 0 spiro atoms. The molecule has 2 heteroatoms. The quantitative estimate of drug-likeness (QED) is 0.646. The Bertz CT molecular complexity index is 134. The van der Waals surface area contributed by atoms with E-state index in [0.717, 1.165) is 32.2 Å². The fraction of sp³-hybridized carbons (Fsp3) is 0.889. The van der Waals surface area contributed by atoms with Crippen LogP contribution in [0, 0.1) is 5.92 Å².